The first-order valence-electron chi connectivity index (χ1n) is 7.69. The fourth-order valence-corrected chi connectivity index (χ4v) is 3.02. The molecule has 2 aromatic rings. The number of carboxylic acid groups (broad SMARTS) is 1. The van der Waals surface area contributed by atoms with Crippen LogP contribution in [0.4, 0.5) is 10.5 Å². The van der Waals surface area contributed by atoms with Gasteiger partial charge in [-0.1, -0.05) is 23.7 Å². The number of amides is 2. The van der Waals surface area contributed by atoms with Crippen LogP contribution in [-0.4, -0.2) is 35.1 Å². The molecule has 1 saturated heterocycles. The van der Waals surface area contributed by atoms with Crippen LogP contribution >= 0.6 is 11.6 Å². The van der Waals surface area contributed by atoms with Gasteiger partial charge < -0.3 is 10.0 Å². The fourth-order valence-electron chi connectivity index (χ4n) is 2.81. The Labute approximate surface area is 145 Å². The van der Waals surface area contributed by atoms with Gasteiger partial charge in [0.2, 0.25) is 0 Å². The van der Waals surface area contributed by atoms with Crippen molar-refractivity contribution >= 4 is 29.3 Å². The fraction of sp³-hybridized carbons (Fsp3) is 0.222. The minimum Gasteiger partial charge on any atom is -0.478 e. The molecule has 124 valence electrons. The lowest BCUT2D eigenvalue weighted by molar-refractivity contribution is 0.0697. The maximum Gasteiger partial charge on any atom is 0.335 e. The van der Waals surface area contributed by atoms with E-state index >= 15 is 0 Å². The first kappa shape index (κ1) is 16.3. The van der Waals surface area contributed by atoms with Gasteiger partial charge in [0, 0.05) is 30.3 Å². The van der Waals surface area contributed by atoms with Crippen LogP contribution in [0.1, 0.15) is 22.3 Å². The molecule has 0 unspecified atom stereocenters. The van der Waals surface area contributed by atoms with E-state index in [0.717, 1.165) is 12.0 Å². The van der Waals surface area contributed by atoms with Gasteiger partial charge in [-0.15, -0.1) is 0 Å². The van der Waals surface area contributed by atoms with E-state index in [9.17, 15) is 9.59 Å². The molecule has 3 rings (SSSR count). The van der Waals surface area contributed by atoms with Crippen molar-refractivity contribution in [2.24, 2.45) is 0 Å². The standard InChI is InChI=1S/C18H17ClN2O3/c19-15-4-1-3-13(11-15)12-20-9-2-10-21(18(20)24)16-7-5-14(6-8-16)17(22)23/h1,3-8,11H,2,9-10,12H2,(H,22,23). The maximum atomic E-state index is 12.7. The Kier molecular flexibility index (Phi) is 4.71. The van der Waals surface area contributed by atoms with Crippen LogP contribution in [0.2, 0.25) is 5.02 Å². The van der Waals surface area contributed by atoms with Gasteiger partial charge in [-0.3, -0.25) is 4.90 Å². The van der Waals surface area contributed by atoms with E-state index < -0.39 is 5.97 Å². The highest BCUT2D eigenvalue weighted by molar-refractivity contribution is 6.30. The van der Waals surface area contributed by atoms with Gasteiger partial charge in [0.25, 0.3) is 0 Å². The van der Waals surface area contributed by atoms with Crippen LogP contribution in [0, 0.1) is 0 Å². The van der Waals surface area contributed by atoms with Crippen molar-refractivity contribution in [3.8, 4) is 0 Å². The van der Waals surface area contributed by atoms with Gasteiger partial charge >= 0.3 is 12.0 Å². The van der Waals surface area contributed by atoms with E-state index in [1.165, 1.54) is 12.1 Å². The van der Waals surface area contributed by atoms with Crippen molar-refractivity contribution < 1.29 is 14.7 Å². The predicted molar refractivity (Wildman–Crippen MR) is 92.6 cm³/mol. The third-order valence-electron chi connectivity index (χ3n) is 4.00. The van der Waals surface area contributed by atoms with Crippen LogP contribution in [0.5, 0.6) is 0 Å². The molecule has 0 aromatic heterocycles. The van der Waals surface area contributed by atoms with Crippen molar-refractivity contribution in [2.45, 2.75) is 13.0 Å². The quantitative estimate of drug-likeness (QED) is 0.915. The summed E-state index contributed by atoms with van der Waals surface area (Å²) < 4.78 is 0. The summed E-state index contributed by atoms with van der Waals surface area (Å²) in [4.78, 5) is 27.1. The SMILES string of the molecule is O=C(O)c1ccc(N2CCCN(Cc3cccc(Cl)c3)C2=O)cc1. The summed E-state index contributed by atoms with van der Waals surface area (Å²) in [5, 5.41) is 9.62. The second kappa shape index (κ2) is 6.93. The average molecular weight is 345 g/mol. The number of hydrogen-bond donors (Lipinski definition) is 1. The molecule has 6 heteroatoms. The minimum atomic E-state index is -0.978. The summed E-state index contributed by atoms with van der Waals surface area (Å²) in [6, 6.07) is 13.8. The van der Waals surface area contributed by atoms with E-state index in [1.54, 1.807) is 28.0 Å². The molecular weight excluding hydrogens is 328 g/mol. The number of benzene rings is 2. The molecule has 2 aromatic carbocycles. The van der Waals surface area contributed by atoms with Crippen molar-refractivity contribution in [1.29, 1.82) is 0 Å². The third-order valence-corrected chi connectivity index (χ3v) is 4.23. The average Bonchev–Trinajstić information content (AvgIpc) is 2.57. The highest BCUT2D eigenvalue weighted by Gasteiger charge is 2.26. The summed E-state index contributed by atoms with van der Waals surface area (Å²) in [6.07, 6.45) is 0.854. The number of hydrogen-bond acceptors (Lipinski definition) is 2. The summed E-state index contributed by atoms with van der Waals surface area (Å²) in [6.45, 7) is 1.81. The summed E-state index contributed by atoms with van der Waals surface area (Å²) in [7, 11) is 0. The largest absolute Gasteiger partial charge is 0.478 e. The highest BCUT2D eigenvalue weighted by atomic mass is 35.5. The van der Waals surface area contributed by atoms with Crippen LogP contribution in [0.3, 0.4) is 0 Å². The third kappa shape index (κ3) is 3.51. The van der Waals surface area contributed by atoms with Crippen molar-refractivity contribution in [2.75, 3.05) is 18.0 Å². The number of halogens is 1. The Morgan fingerprint density at radius 1 is 1.12 bits per heavy atom. The zero-order valence-corrected chi connectivity index (χ0v) is 13.7. The molecule has 0 saturated carbocycles. The van der Waals surface area contributed by atoms with Gasteiger partial charge in [-0.25, -0.2) is 9.59 Å². The number of urea groups is 1. The molecule has 0 atom stereocenters. The lowest BCUT2D eigenvalue weighted by Crippen LogP contribution is -2.49. The molecule has 1 N–H and O–H groups in total. The maximum absolute atomic E-state index is 12.7. The van der Waals surface area contributed by atoms with Crippen LogP contribution in [-0.2, 0) is 6.54 Å². The van der Waals surface area contributed by atoms with Crippen molar-refractivity contribution in [1.82, 2.24) is 4.90 Å². The van der Waals surface area contributed by atoms with E-state index in [2.05, 4.69) is 0 Å². The van der Waals surface area contributed by atoms with Crippen LogP contribution in [0.25, 0.3) is 0 Å². The van der Waals surface area contributed by atoms with Gasteiger partial charge in [-0.2, -0.15) is 0 Å². The minimum absolute atomic E-state index is 0.0794. The first-order valence-corrected chi connectivity index (χ1v) is 8.06. The monoisotopic (exact) mass is 344 g/mol. The molecule has 5 nitrogen and oxygen atoms in total. The molecule has 1 heterocycles. The Hall–Kier alpha value is -2.53. The summed E-state index contributed by atoms with van der Waals surface area (Å²) in [5.41, 5.74) is 1.90. The molecule has 1 aliphatic rings. The summed E-state index contributed by atoms with van der Waals surface area (Å²) >= 11 is 6.00. The van der Waals surface area contributed by atoms with Gasteiger partial charge in [0.15, 0.2) is 0 Å². The van der Waals surface area contributed by atoms with Crippen molar-refractivity contribution in [3.05, 3.63) is 64.7 Å². The molecule has 1 fully saturated rings. The topological polar surface area (TPSA) is 60.9 Å². The molecule has 1 aliphatic heterocycles. The molecule has 0 spiro atoms. The van der Waals surface area contributed by atoms with Crippen molar-refractivity contribution in [3.63, 3.8) is 0 Å². The second-order valence-electron chi connectivity index (χ2n) is 5.69. The number of carbonyl (C=O) groups is 2. The number of carboxylic acids is 1. The van der Waals surface area contributed by atoms with E-state index in [1.807, 2.05) is 18.2 Å². The zero-order valence-electron chi connectivity index (χ0n) is 13.0. The zero-order chi connectivity index (χ0) is 17.1. The molecule has 0 aliphatic carbocycles. The Morgan fingerprint density at radius 2 is 1.88 bits per heavy atom. The molecule has 0 bridgehead atoms. The molecule has 24 heavy (non-hydrogen) atoms. The number of anilines is 1. The first-order chi connectivity index (χ1) is 11.5. The normalized spacial score (nSPS) is 14.8. The molecule has 2 amide bonds. The van der Waals surface area contributed by atoms with Gasteiger partial charge in [-0.05, 0) is 48.4 Å². The lowest BCUT2D eigenvalue weighted by Gasteiger charge is -2.35. The van der Waals surface area contributed by atoms with Crippen LogP contribution in [0.15, 0.2) is 48.5 Å². The predicted octanol–water partition coefficient (Wildman–Crippen LogP) is 3.87. The van der Waals surface area contributed by atoms with E-state index in [0.29, 0.717) is 30.3 Å². The number of carbonyl (C=O) groups excluding carboxylic acids is 1. The van der Waals surface area contributed by atoms with E-state index in [-0.39, 0.29) is 11.6 Å². The van der Waals surface area contributed by atoms with E-state index in [4.69, 9.17) is 16.7 Å². The van der Waals surface area contributed by atoms with Gasteiger partial charge in [0.1, 0.15) is 0 Å². The summed E-state index contributed by atoms with van der Waals surface area (Å²) in [5.74, 6) is -0.978. The van der Waals surface area contributed by atoms with Gasteiger partial charge in [0.05, 0.1) is 5.56 Å². The van der Waals surface area contributed by atoms with Crippen LogP contribution < -0.4 is 4.90 Å². The lowest BCUT2D eigenvalue weighted by atomic mass is 10.1. The smallest absolute Gasteiger partial charge is 0.335 e. The molecule has 0 radical (unpaired) electrons. The number of nitrogens with zero attached hydrogens (tertiary/aromatic N) is 2. The highest BCUT2D eigenvalue weighted by Crippen LogP contribution is 2.22. The Balaban J connectivity index is 1.76. The second-order valence-corrected chi connectivity index (χ2v) is 6.13. The Morgan fingerprint density at radius 3 is 2.54 bits per heavy atom. The Bertz CT molecular complexity index is 761. The number of rotatable bonds is 4. The number of aromatic carboxylic acids is 1. The molecular formula is C18H17ClN2O3.